The average Bonchev–Trinajstić information content (AvgIpc) is 3.30. The van der Waals surface area contributed by atoms with E-state index in [4.69, 9.17) is 0 Å². The van der Waals surface area contributed by atoms with Gasteiger partial charge in [-0.15, -0.1) is 0 Å². The summed E-state index contributed by atoms with van der Waals surface area (Å²) in [5.74, 6) is -0.174. The lowest BCUT2D eigenvalue weighted by molar-refractivity contribution is 0.0981. The lowest BCUT2D eigenvalue weighted by Crippen LogP contribution is -2.34. The van der Waals surface area contributed by atoms with Crippen LogP contribution in [0.25, 0.3) is 10.2 Å². The number of fused-ring (bicyclic) bond motifs is 1. The lowest BCUT2D eigenvalue weighted by Gasteiger charge is -2.20. The number of benzene rings is 2. The van der Waals surface area contributed by atoms with Gasteiger partial charge in [-0.3, -0.25) is 19.2 Å². The molecule has 0 atom stereocenters. The Morgan fingerprint density at radius 2 is 1.73 bits per heavy atom. The number of para-hydroxylation sites is 1. The van der Waals surface area contributed by atoms with Crippen molar-refractivity contribution < 1.29 is 9.59 Å². The summed E-state index contributed by atoms with van der Waals surface area (Å²) in [5.41, 5.74) is 3.97. The fraction of sp³-hybridized carbons (Fsp3) is 0.217. The van der Waals surface area contributed by atoms with E-state index in [2.05, 4.69) is 10.1 Å². The SMILES string of the molecule is CC(=O)c1ccc(C(=O)N(CCn2nc(C)cc2C)c2nc3ccccc3s2)cc1. The minimum Gasteiger partial charge on any atom is -0.295 e. The van der Waals surface area contributed by atoms with Gasteiger partial charge in [0.1, 0.15) is 0 Å². The third kappa shape index (κ3) is 4.02. The molecule has 30 heavy (non-hydrogen) atoms. The number of thiazole rings is 1. The van der Waals surface area contributed by atoms with Gasteiger partial charge in [-0.25, -0.2) is 4.98 Å². The Morgan fingerprint density at radius 3 is 2.37 bits per heavy atom. The van der Waals surface area contributed by atoms with Gasteiger partial charge in [0.05, 0.1) is 22.5 Å². The molecular formula is C23H22N4O2S. The van der Waals surface area contributed by atoms with E-state index in [1.165, 1.54) is 18.3 Å². The summed E-state index contributed by atoms with van der Waals surface area (Å²) in [6.07, 6.45) is 0. The van der Waals surface area contributed by atoms with E-state index in [-0.39, 0.29) is 11.7 Å². The van der Waals surface area contributed by atoms with E-state index in [1.54, 1.807) is 29.2 Å². The molecule has 6 nitrogen and oxygen atoms in total. The molecule has 4 aromatic rings. The molecule has 0 aliphatic heterocycles. The number of Topliss-reactive ketones (excluding diaryl/α,β-unsaturated/α-hetero) is 1. The zero-order chi connectivity index (χ0) is 21.3. The maximum absolute atomic E-state index is 13.4. The van der Waals surface area contributed by atoms with Gasteiger partial charge in [-0.1, -0.05) is 35.6 Å². The van der Waals surface area contributed by atoms with Crippen molar-refractivity contribution in [3.63, 3.8) is 0 Å². The number of amides is 1. The molecule has 2 aromatic carbocycles. The van der Waals surface area contributed by atoms with Gasteiger partial charge in [0.2, 0.25) is 0 Å². The van der Waals surface area contributed by atoms with Crippen LogP contribution in [0.5, 0.6) is 0 Å². The van der Waals surface area contributed by atoms with Gasteiger partial charge < -0.3 is 0 Å². The number of aryl methyl sites for hydroxylation is 2. The Kier molecular flexibility index (Phi) is 5.46. The second-order valence-corrected chi connectivity index (χ2v) is 8.21. The molecule has 0 spiro atoms. The van der Waals surface area contributed by atoms with Crippen LogP contribution in [0.4, 0.5) is 5.13 Å². The van der Waals surface area contributed by atoms with Crippen molar-refractivity contribution in [2.75, 3.05) is 11.4 Å². The fourth-order valence-corrected chi connectivity index (χ4v) is 4.35. The summed E-state index contributed by atoms with van der Waals surface area (Å²) >= 11 is 1.49. The second kappa shape index (κ2) is 8.20. The van der Waals surface area contributed by atoms with Crippen LogP contribution in [0.15, 0.2) is 54.6 Å². The maximum atomic E-state index is 13.4. The molecule has 2 aromatic heterocycles. The van der Waals surface area contributed by atoms with Crippen LogP contribution in [0.3, 0.4) is 0 Å². The molecule has 152 valence electrons. The van der Waals surface area contributed by atoms with Gasteiger partial charge >= 0.3 is 0 Å². The monoisotopic (exact) mass is 418 g/mol. The highest BCUT2D eigenvalue weighted by Gasteiger charge is 2.22. The van der Waals surface area contributed by atoms with Crippen LogP contribution in [0.2, 0.25) is 0 Å². The summed E-state index contributed by atoms with van der Waals surface area (Å²) < 4.78 is 2.94. The van der Waals surface area contributed by atoms with Crippen molar-refractivity contribution in [3.8, 4) is 0 Å². The predicted molar refractivity (Wildman–Crippen MR) is 119 cm³/mol. The van der Waals surface area contributed by atoms with Crippen LogP contribution >= 0.6 is 11.3 Å². The largest absolute Gasteiger partial charge is 0.295 e. The van der Waals surface area contributed by atoms with Crippen molar-refractivity contribution in [2.24, 2.45) is 0 Å². The van der Waals surface area contributed by atoms with Crippen molar-refractivity contribution in [2.45, 2.75) is 27.3 Å². The first-order chi connectivity index (χ1) is 14.4. The number of rotatable bonds is 6. The number of aromatic nitrogens is 3. The zero-order valence-corrected chi connectivity index (χ0v) is 17.9. The van der Waals surface area contributed by atoms with Gasteiger partial charge in [-0.2, -0.15) is 5.10 Å². The number of hydrogen-bond donors (Lipinski definition) is 0. The molecule has 0 N–H and O–H groups in total. The average molecular weight is 419 g/mol. The molecule has 2 heterocycles. The Labute approximate surface area is 178 Å². The molecule has 7 heteroatoms. The predicted octanol–water partition coefficient (Wildman–Crippen LogP) is 4.66. The fourth-order valence-electron chi connectivity index (χ4n) is 3.36. The molecule has 0 bridgehead atoms. The van der Waals surface area contributed by atoms with Crippen molar-refractivity contribution in [1.82, 2.24) is 14.8 Å². The summed E-state index contributed by atoms with van der Waals surface area (Å²) in [7, 11) is 0. The van der Waals surface area contributed by atoms with Crippen LogP contribution in [0.1, 0.15) is 39.0 Å². The Bertz CT molecular complexity index is 1190. The van der Waals surface area contributed by atoms with E-state index >= 15 is 0 Å². The molecule has 0 aliphatic carbocycles. The van der Waals surface area contributed by atoms with Crippen LogP contribution in [-0.4, -0.2) is 33.0 Å². The Hall–Kier alpha value is -3.32. The number of hydrogen-bond acceptors (Lipinski definition) is 5. The minimum absolute atomic E-state index is 0.0263. The van der Waals surface area contributed by atoms with Gasteiger partial charge in [0, 0.05) is 23.4 Å². The molecule has 1 amide bonds. The Morgan fingerprint density at radius 1 is 1.03 bits per heavy atom. The van der Waals surface area contributed by atoms with Crippen LogP contribution < -0.4 is 4.90 Å². The summed E-state index contributed by atoms with van der Waals surface area (Å²) in [6.45, 7) is 6.47. The molecule has 0 fully saturated rings. The van der Waals surface area contributed by atoms with Crippen molar-refractivity contribution in [3.05, 3.63) is 77.1 Å². The number of carbonyl (C=O) groups excluding carboxylic acids is 2. The van der Waals surface area contributed by atoms with E-state index in [0.29, 0.717) is 29.3 Å². The quantitative estimate of drug-likeness (QED) is 0.427. The standard InChI is InChI=1S/C23H22N4O2S/c1-15-14-16(2)27(25-15)13-12-26(23-24-20-6-4-5-7-21(20)30-23)22(29)19-10-8-18(9-11-19)17(3)28/h4-11,14H,12-13H2,1-3H3. The van der Waals surface area contributed by atoms with Gasteiger partial charge in [0.25, 0.3) is 5.91 Å². The van der Waals surface area contributed by atoms with E-state index < -0.39 is 0 Å². The van der Waals surface area contributed by atoms with E-state index in [9.17, 15) is 9.59 Å². The molecule has 0 unspecified atom stereocenters. The molecular weight excluding hydrogens is 396 g/mol. The number of nitrogens with zero attached hydrogens (tertiary/aromatic N) is 4. The number of ketones is 1. The highest BCUT2D eigenvalue weighted by atomic mass is 32.1. The van der Waals surface area contributed by atoms with Gasteiger partial charge in [0.15, 0.2) is 10.9 Å². The van der Waals surface area contributed by atoms with E-state index in [0.717, 1.165) is 21.6 Å². The topological polar surface area (TPSA) is 68.1 Å². The first kappa shape index (κ1) is 20.0. The zero-order valence-electron chi connectivity index (χ0n) is 17.1. The third-order valence-corrected chi connectivity index (χ3v) is 6.00. The molecule has 4 rings (SSSR count). The summed E-state index contributed by atoms with van der Waals surface area (Å²) in [5, 5.41) is 5.16. The summed E-state index contributed by atoms with van der Waals surface area (Å²) in [6, 6.07) is 16.6. The van der Waals surface area contributed by atoms with Crippen LogP contribution in [0, 0.1) is 13.8 Å². The van der Waals surface area contributed by atoms with Crippen LogP contribution in [-0.2, 0) is 6.54 Å². The number of anilines is 1. The molecule has 0 radical (unpaired) electrons. The molecule has 0 aliphatic rings. The molecule has 0 saturated heterocycles. The highest BCUT2D eigenvalue weighted by Crippen LogP contribution is 2.29. The van der Waals surface area contributed by atoms with Gasteiger partial charge in [-0.05, 0) is 51.1 Å². The van der Waals surface area contributed by atoms with E-state index in [1.807, 2.05) is 48.9 Å². The van der Waals surface area contributed by atoms with Crippen molar-refractivity contribution >= 4 is 38.4 Å². The summed E-state index contributed by atoms with van der Waals surface area (Å²) in [4.78, 5) is 31.3. The first-order valence-electron chi connectivity index (χ1n) is 9.72. The number of carbonyl (C=O) groups is 2. The third-order valence-electron chi connectivity index (χ3n) is 4.94. The van der Waals surface area contributed by atoms with Crippen molar-refractivity contribution in [1.29, 1.82) is 0 Å². The second-order valence-electron chi connectivity index (χ2n) is 7.20. The smallest absolute Gasteiger partial charge is 0.260 e. The highest BCUT2D eigenvalue weighted by molar-refractivity contribution is 7.22. The Balaban J connectivity index is 1.67. The first-order valence-corrected chi connectivity index (χ1v) is 10.5. The lowest BCUT2D eigenvalue weighted by atomic mass is 10.1. The normalized spacial score (nSPS) is 11.0. The minimum atomic E-state index is -0.148. The molecule has 0 saturated carbocycles. The maximum Gasteiger partial charge on any atom is 0.260 e.